The molecule has 1 saturated heterocycles. The van der Waals surface area contributed by atoms with E-state index in [0.29, 0.717) is 23.9 Å². The Morgan fingerprint density at radius 2 is 1.88 bits per heavy atom. The number of anilines is 2. The van der Waals surface area contributed by atoms with Crippen LogP contribution in [0.15, 0.2) is 0 Å². The molecular weight excluding hydrogens is 238 g/mol. The van der Waals surface area contributed by atoms with Crippen LogP contribution in [0, 0.1) is 0 Å². The van der Waals surface area contributed by atoms with E-state index in [-0.39, 0.29) is 11.8 Å². The number of nitrogen functional groups attached to an aromatic ring is 1. The summed E-state index contributed by atoms with van der Waals surface area (Å²) in [5.41, 5.74) is 5.69. The van der Waals surface area contributed by atoms with Crippen molar-refractivity contribution in [1.29, 1.82) is 0 Å². The summed E-state index contributed by atoms with van der Waals surface area (Å²) < 4.78 is 0. The second-order valence-electron chi connectivity index (χ2n) is 4.58. The molecule has 1 aliphatic rings. The van der Waals surface area contributed by atoms with E-state index in [9.17, 15) is 0 Å². The van der Waals surface area contributed by atoms with E-state index in [1.165, 1.54) is 6.42 Å². The maximum absolute atomic E-state index is 5.76. The normalized spacial score (nSPS) is 25.0. The summed E-state index contributed by atoms with van der Waals surface area (Å²) in [6, 6.07) is 0.868. The molecule has 1 aromatic heterocycles. The Morgan fingerprint density at radius 1 is 1.24 bits per heavy atom. The monoisotopic (exact) mass is 255 g/mol. The Hall–Kier alpha value is -1.10. The van der Waals surface area contributed by atoms with Crippen LogP contribution in [-0.2, 0) is 5.88 Å². The van der Waals surface area contributed by atoms with E-state index in [2.05, 4.69) is 33.7 Å². The Balaban J connectivity index is 2.34. The van der Waals surface area contributed by atoms with Gasteiger partial charge in [-0.1, -0.05) is 0 Å². The van der Waals surface area contributed by atoms with Gasteiger partial charge in [-0.05, 0) is 33.1 Å². The van der Waals surface area contributed by atoms with E-state index >= 15 is 0 Å². The molecule has 6 heteroatoms. The molecule has 0 saturated carbocycles. The molecule has 0 aromatic carbocycles. The number of hydrogen-bond donors (Lipinski definition) is 1. The van der Waals surface area contributed by atoms with Crippen LogP contribution < -0.4 is 10.6 Å². The molecule has 2 atom stereocenters. The molecule has 0 unspecified atom stereocenters. The molecular formula is C11H18ClN5. The van der Waals surface area contributed by atoms with Gasteiger partial charge >= 0.3 is 0 Å². The van der Waals surface area contributed by atoms with Crippen LogP contribution in [0.4, 0.5) is 11.9 Å². The lowest BCUT2D eigenvalue weighted by atomic mass is 9.98. The van der Waals surface area contributed by atoms with Crippen molar-refractivity contribution in [1.82, 2.24) is 15.0 Å². The molecule has 1 aromatic rings. The van der Waals surface area contributed by atoms with Crippen LogP contribution in [0.5, 0.6) is 0 Å². The van der Waals surface area contributed by atoms with Gasteiger partial charge in [-0.3, -0.25) is 0 Å². The number of piperidine rings is 1. The first-order valence-electron chi connectivity index (χ1n) is 5.96. The quantitative estimate of drug-likeness (QED) is 0.819. The van der Waals surface area contributed by atoms with Crippen molar-refractivity contribution in [2.45, 2.75) is 51.1 Å². The highest BCUT2D eigenvalue weighted by Crippen LogP contribution is 2.26. The summed E-state index contributed by atoms with van der Waals surface area (Å²) in [5.74, 6) is 1.71. The summed E-state index contributed by atoms with van der Waals surface area (Å²) in [6.45, 7) is 4.38. The Bertz CT molecular complexity index is 387. The zero-order valence-corrected chi connectivity index (χ0v) is 11.0. The predicted molar refractivity (Wildman–Crippen MR) is 69.1 cm³/mol. The number of alkyl halides is 1. The van der Waals surface area contributed by atoms with Crippen LogP contribution in [0.1, 0.15) is 38.9 Å². The Morgan fingerprint density at radius 3 is 2.47 bits per heavy atom. The van der Waals surface area contributed by atoms with Crippen molar-refractivity contribution in [3.63, 3.8) is 0 Å². The summed E-state index contributed by atoms with van der Waals surface area (Å²) in [5, 5.41) is 0. The highest BCUT2D eigenvalue weighted by Gasteiger charge is 2.27. The lowest BCUT2D eigenvalue weighted by Gasteiger charge is -2.39. The molecule has 5 nitrogen and oxygen atoms in total. The van der Waals surface area contributed by atoms with Crippen LogP contribution in [-0.4, -0.2) is 27.0 Å². The Kier molecular flexibility index (Phi) is 3.66. The summed E-state index contributed by atoms with van der Waals surface area (Å²) >= 11 is 5.76. The van der Waals surface area contributed by atoms with Crippen LogP contribution in [0.25, 0.3) is 0 Å². The van der Waals surface area contributed by atoms with Crippen molar-refractivity contribution in [3.05, 3.63) is 5.82 Å². The maximum Gasteiger partial charge on any atom is 0.230 e. The first kappa shape index (κ1) is 12.4. The third-order valence-electron chi connectivity index (χ3n) is 3.23. The minimum absolute atomic E-state index is 0.246. The molecule has 1 fully saturated rings. The third kappa shape index (κ3) is 2.60. The standard InChI is InChI=1S/C11H18ClN5/c1-7-4-3-5-8(2)17(7)11-15-9(6-12)14-10(13)16-11/h7-8H,3-6H2,1-2H3,(H2,13,14,15,16)/t7-,8-/m1/s1. The molecule has 94 valence electrons. The molecule has 2 rings (SSSR count). The molecule has 2 heterocycles. The van der Waals surface area contributed by atoms with Crippen molar-refractivity contribution in [2.75, 3.05) is 10.6 Å². The van der Waals surface area contributed by atoms with Crippen molar-refractivity contribution in [2.24, 2.45) is 0 Å². The van der Waals surface area contributed by atoms with E-state index in [1.54, 1.807) is 0 Å². The van der Waals surface area contributed by atoms with Gasteiger partial charge in [0.05, 0.1) is 5.88 Å². The van der Waals surface area contributed by atoms with Gasteiger partial charge in [-0.15, -0.1) is 11.6 Å². The van der Waals surface area contributed by atoms with Gasteiger partial charge in [0.25, 0.3) is 0 Å². The van der Waals surface area contributed by atoms with Crippen LogP contribution in [0.2, 0.25) is 0 Å². The second-order valence-corrected chi connectivity index (χ2v) is 4.85. The van der Waals surface area contributed by atoms with E-state index in [0.717, 1.165) is 12.8 Å². The van der Waals surface area contributed by atoms with Gasteiger partial charge in [-0.2, -0.15) is 15.0 Å². The highest BCUT2D eigenvalue weighted by atomic mass is 35.5. The fourth-order valence-electron chi connectivity index (χ4n) is 2.42. The van der Waals surface area contributed by atoms with Gasteiger partial charge in [0.15, 0.2) is 5.82 Å². The zero-order chi connectivity index (χ0) is 12.4. The third-order valence-corrected chi connectivity index (χ3v) is 3.47. The highest BCUT2D eigenvalue weighted by molar-refractivity contribution is 6.16. The number of hydrogen-bond acceptors (Lipinski definition) is 5. The minimum Gasteiger partial charge on any atom is -0.368 e. The zero-order valence-electron chi connectivity index (χ0n) is 10.2. The summed E-state index contributed by atoms with van der Waals surface area (Å²) in [6.07, 6.45) is 3.57. The van der Waals surface area contributed by atoms with E-state index in [1.807, 2.05) is 0 Å². The van der Waals surface area contributed by atoms with Crippen molar-refractivity contribution in [3.8, 4) is 0 Å². The number of aromatic nitrogens is 3. The van der Waals surface area contributed by atoms with Crippen LogP contribution in [0.3, 0.4) is 0 Å². The molecule has 0 amide bonds. The molecule has 0 spiro atoms. The smallest absolute Gasteiger partial charge is 0.230 e. The van der Waals surface area contributed by atoms with Gasteiger partial charge in [0.2, 0.25) is 11.9 Å². The predicted octanol–water partition coefficient (Wildman–Crippen LogP) is 1.96. The molecule has 0 bridgehead atoms. The minimum atomic E-state index is 0.246. The van der Waals surface area contributed by atoms with E-state index in [4.69, 9.17) is 17.3 Å². The van der Waals surface area contributed by atoms with E-state index < -0.39 is 0 Å². The summed E-state index contributed by atoms with van der Waals surface area (Å²) in [4.78, 5) is 14.8. The maximum atomic E-state index is 5.76. The SMILES string of the molecule is C[C@@H]1CCC[C@@H](C)N1c1nc(N)nc(CCl)n1. The number of halogens is 1. The molecule has 2 N–H and O–H groups in total. The fraction of sp³-hybridized carbons (Fsp3) is 0.727. The topological polar surface area (TPSA) is 67.9 Å². The van der Waals surface area contributed by atoms with Gasteiger partial charge in [0.1, 0.15) is 0 Å². The first-order valence-corrected chi connectivity index (χ1v) is 6.50. The fourth-order valence-corrected chi connectivity index (χ4v) is 2.54. The van der Waals surface area contributed by atoms with Gasteiger partial charge < -0.3 is 10.6 Å². The van der Waals surface area contributed by atoms with Crippen molar-refractivity contribution >= 4 is 23.5 Å². The van der Waals surface area contributed by atoms with Gasteiger partial charge in [0, 0.05) is 12.1 Å². The number of nitrogens with zero attached hydrogens (tertiary/aromatic N) is 4. The average Bonchev–Trinajstić information content (AvgIpc) is 2.28. The lowest BCUT2D eigenvalue weighted by Crippen LogP contribution is -2.45. The number of rotatable bonds is 2. The summed E-state index contributed by atoms with van der Waals surface area (Å²) in [7, 11) is 0. The first-order chi connectivity index (χ1) is 8.11. The molecule has 1 aliphatic heterocycles. The second kappa shape index (κ2) is 5.04. The largest absolute Gasteiger partial charge is 0.368 e. The van der Waals surface area contributed by atoms with Gasteiger partial charge in [-0.25, -0.2) is 0 Å². The number of nitrogens with two attached hydrogens (primary N) is 1. The van der Waals surface area contributed by atoms with Crippen LogP contribution >= 0.6 is 11.6 Å². The lowest BCUT2D eigenvalue weighted by molar-refractivity contribution is 0.407. The molecule has 0 radical (unpaired) electrons. The van der Waals surface area contributed by atoms with Crippen molar-refractivity contribution < 1.29 is 0 Å². The Labute approximate surface area is 106 Å². The molecule has 0 aliphatic carbocycles. The molecule has 17 heavy (non-hydrogen) atoms. The average molecular weight is 256 g/mol.